The molecule has 2 aliphatic rings. The molecule has 0 aromatic heterocycles. The van der Waals surface area contributed by atoms with Crippen LogP contribution in [0, 0.1) is 0 Å². The third kappa shape index (κ3) is 3.25. The second-order valence-electron chi connectivity index (χ2n) is 7.59. The summed E-state index contributed by atoms with van der Waals surface area (Å²) >= 11 is 0. The summed E-state index contributed by atoms with van der Waals surface area (Å²) in [5, 5.41) is 60.9. The van der Waals surface area contributed by atoms with Gasteiger partial charge in [0.15, 0.2) is 5.78 Å². The fraction of sp³-hybridized carbons (Fsp3) is 0.381. The Morgan fingerprint density at radius 1 is 0.967 bits per heavy atom. The molecular weight excluding hydrogens is 396 g/mol. The Bertz CT molecular complexity index is 971. The van der Waals surface area contributed by atoms with E-state index in [0.29, 0.717) is 5.56 Å². The molecule has 4 rings (SSSR count). The zero-order chi connectivity index (χ0) is 21.7. The number of aromatic hydroxyl groups is 3. The molecule has 2 aromatic carbocycles. The number of carbonyl (C=O) groups is 1. The molecule has 160 valence electrons. The van der Waals surface area contributed by atoms with Gasteiger partial charge in [0.1, 0.15) is 59.1 Å². The molecule has 0 aliphatic carbocycles. The average molecular weight is 418 g/mol. The monoisotopic (exact) mass is 418 g/mol. The normalized spacial score (nSPS) is 31.1. The van der Waals surface area contributed by atoms with Crippen LogP contribution in [0.15, 0.2) is 30.3 Å². The van der Waals surface area contributed by atoms with Gasteiger partial charge in [-0.25, -0.2) is 0 Å². The number of phenolic OH excluding ortho intramolecular Hbond substituents is 3. The maximum absolute atomic E-state index is 12.8. The van der Waals surface area contributed by atoms with E-state index >= 15 is 0 Å². The molecule has 30 heavy (non-hydrogen) atoms. The van der Waals surface area contributed by atoms with E-state index in [1.165, 1.54) is 19.1 Å². The molecule has 1 fully saturated rings. The van der Waals surface area contributed by atoms with Crippen molar-refractivity contribution in [2.24, 2.45) is 0 Å². The van der Waals surface area contributed by atoms with Gasteiger partial charge in [-0.1, -0.05) is 12.1 Å². The molecule has 6 N–H and O–H groups in total. The third-order valence-electron chi connectivity index (χ3n) is 5.60. The fourth-order valence-corrected chi connectivity index (χ4v) is 3.92. The zero-order valence-corrected chi connectivity index (χ0v) is 16.0. The summed E-state index contributed by atoms with van der Waals surface area (Å²) in [5.41, 5.74) is 0.202. The van der Waals surface area contributed by atoms with E-state index in [-0.39, 0.29) is 29.0 Å². The van der Waals surface area contributed by atoms with Crippen molar-refractivity contribution >= 4 is 5.78 Å². The Balaban J connectivity index is 1.72. The molecule has 6 atom stereocenters. The molecular formula is C21H22O9. The standard InChI is InChI=1S/C21H22O9/c1-8-17(25)19(27)20(28)21(29-8)16-12(24)7-14-15(18(16)26)11(23)6-13(30-14)9-2-4-10(22)5-3-9/h2-5,7-8,13,17,19-22,24-28H,6H2,1H3/t8-,13?,17-,19+,20+,21-/m0/s1. The van der Waals surface area contributed by atoms with Crippen molar-refractivity contribution in [3.63, 3.8) is 0 Å². The maximum Gasteiger partial charge on any atom is 0.174 e. The van der Waals surface area contributed by atoms with Gasteiger partial charge in [-0.3, -0.25) is 4.79 Å². The second-order valence-corrected chi connectivity index (χ2v) is 7.59. The average Bonchev–Trinajstić information content (AvgIpc) is 2.70. The van der Waals surface area contributed by atoms with Crippen LogP contribution >= 0.6 is 0 Å². The molecule has 1 unspecified atom stereocenters. The van der Waals surface area contributed by atoms with Gasteiger partial charge >= 0.3 is 0 Å². The molecule has 0 radical (unpaired) electrons. The van der Waals surface area contributed by atoms with Crippen LogP contribution in [0.1, 0.15) is 47.0 Å². The molecule has 0 bridgehead atoms. The number of carbonyl (C=O) groups excluding carboxylic acids is 1. The number of hydrogen-bond acceptors (Lipinski definition) is 9. The van der Waals surface area contributed by atoms with Crippen LogP contribution in [0.25, 0.3) is 0 Å². The minimum Gasteiger partial charge on any atom is -0.508 e. The van der Waals surface area contributed by atoms with Crippen molar-refractivity contribution in [3.05, 3.63) is 47.0 Å². The zero-order valence-electron chi connectivity index (χ0n) is 16.0. The van der Waals surface area contributed by atoms with Gasteiger partial charge in [0, 0.05) is 6.07 Å². The van der Waals surface area contributed by atoms with Gasteiger partial charge in [0.25, 0.3) is 0 Å². The molecule has 9 heteroatoms. The summed E-state index contributed by atoms with van der Waals surface area (Å²) in [7, 11) is 0. The van der Waals surface area contributed by atoms with Crippen LogP contribution in [0.2, 0.25) is 0 Å². The topological polar surface area (TPSA) is 157 Å². The Kier molecular flexibility index (Phi) is 5.07. The predicted octanol–water partition coefficient (Wildman–Crippen LogP) is 1.05. The first-order chi connectivity index (χ1) is 14.2. The van der Waals surface area contributed by atoms with Crippen LogP contribution in [-0.4, -0.2) is 60.8 Å². The number of benzene rings is 2. The lowest BCUT2D eigenvalue weighted by Gasteiger charge is -2.40. The molecule has 0 saturated carbocycles. The summed E-state index contributed by atoms with van der Waals surface area (Å²) < 4.78 is 11.3. The maximum atomic E-state index is 12.8. The first-order valence-corrected chi connectivity index (χ1v) is 9.46. The summed E-state index contributed by atoms with van der Waals surface area (Å²) in [6.45, 7) is 1.47. The van der Waals surface area contributed by atoms with Gasteiger partial charge in [-0.15, -0.1) is 0 Å². The van der Waals surface area contributed by atoms with Crippen LogP contribution in [0.4, 0.5) is 0 Å². The predicted molar refractivity (Wildman–Crippen MR) is 102 cm³/mol. The first-order valence-electron chi connectivity index (χ1n) is 9.46. The Morgan fingerprint density at radius 3 is 2.30 bits per heavy atom. The lowest BCUT2D eigenvalue weighted by atomic mass is 9.87. The highest BCUT2D eigenvalue weighted by Crippen LogP contribution is 2.49. The van der Waals surface area contributed by atoms with Gasteiger partial charge in [-0.2, -0.15) is 0 Å². The summed E-state index contributed by atoms with van der Waals surface area (Å²) in [6.07, 6.45) is -7.60. The van der Waals surface area contributed by atoms with Crippen LogP contribution in [0.3, 0.4) is 0 Å². The van der Waals surface area contributed by atoms with E-state index in [0.717, 1.165) is 6.07 Å². The Morgan fingerprint density at radius 2 is 1.63 bits per heavy atom. The number of fused-ring (bicyclic) bond motifs is 1. The van der Waals surface area contributed by atoms with Crippen molar-refractivity contribution in [1.29, 1.82) is 0 Å². The van der Waals surface area contributed by atoms with Crippen molar-refractivity contribution in [3.8, 4) is 23.0 Å². The van der Waals surface area contributed by atoms with Gasteiger partial charge in [0.05, 0.1) is 18.1 Å². The lowest BCUT2D eigenvalue weighted by molar-refractivity contribution is -0.220. The summed E-state index contributed by atoms with van der Waals surface area (Å²) in [4.78, 5) is 12.8. The molecule has 0 amide bonds. The van der Waals surface area contributed by atoms with Crippen LogP contribution in [-0.2, 0) is 4.74 Å². The number of Topliss-reactive ketones (excluding diaryl/α,β-unsaturated/α-hetero) is 1. The largest absolute Gasteiger partial charge is 0.508 e. The van der Waals surface area contributed by atoms with Gasteiger partial charge < -0.3 is 40.1 Å². The first kappa shape index (κ1) is 20.4. The Hall–Kier alpha value is -2.85. The fourth-order valence-electron chi connectivity index (χ4n) is 3.92. The SMILES string of the molecule is C[C@@H]1O[C@@H](c2c(O)cc3c(c2O)C(=O)CC(c2ccc(O)cc2)O3)[C@H](O)[C@H](O)[C@H]1O. The summed E-state index contributed by atoms with van der Waals surface area (Å²) in [5.74, 6) is -1.54. The number of phenols is 3. The van der Waals surface area contributed by atoms with E-state index in [9.17, 15) is 35.4 Å². The molecule has 2 aromatic rings. The number of ketones is 1. The highest BCUT2D eigenvalue weighted by molar-refractivity contribution is 6.03. The lowest BCUT2D eigenvalue weighted by Crippen LogP contribution is -2.53. The van der Waals surface area contributed by atoms with E-state index in [1.54, 1.807) is 12.1 Å². The molecule has 2 heterocycles. The third-order valence-corrected chi connectivity index (χ3v) is 5.60. The van der Waals surface area contributed by atoms with E-state index in [4.69, 9.17) is 9.47 Å². The molecule has 9 nitrogen and oxygen atoms in total. The number of aliphatic hydroxyl groups is 3. The van der Waals surface area contributed by atoms with E-state index < -0.39 is 53.9 Å². The number of rotatable bonds is 2. The minimum atomic E-state index is -1.64. The van der Waals surface area contributed by atoms with E-state index in [2.05, 4.69) is 0 Å². The Labute approximate surface area is 171 Å². The smallest absolute Gasteiger partial charge is 0.174 e. The molecule has 0 spiro atoms. The minimum absolute atomic E-state index is 0.0398. The highest BCUT2D eigenvalue weighted by Gasteiger charge is 2.45. The van der Waals surface area contributed by atoms with Crippen LogP contribution < -0.4 is 4.74 Å². The molecule has 2 aliphatic heterocycles. The highest BCUT2D eigenvalue weighted by atomic mass is 16.5. The van der Waals surface area contributed by atoms with Crippen LogP contribution in [0.5, 0.6) is 23.0 Å². The van der Waals surface area contributed by atoms with Gasteiger partial charge in [-0.05, 0) is 24.6 Å². The quantitative estimate of drug-likeness (QED) is 0.419. The van der Waals surface area contributed by atoms with Crippen molar-refractivity contribution in [1.82, 2.24) is 0 Å². The molecule has 1 saturated heterocycles. The van der Waals surface area contributed by atoms with Crippen molar-refractivity contribution in [2.45, 2.75) is 50.0 Å². The number of aliphatic hydroxyl groups excluding tert-OH is 3. The van der Waals surface area contributed by atoms with E-state index in [1.807, 2.05) is 0 Å². The van der Waals surface area contributed by atoms with Crippen molar-refractivity contribution in [2.75, 3.05) is 0 Å². The van der Waals surface area contributed by atoms with Crippen molar-refractivity contribution < 1.29 is 44.9 Å². The number of ether oxygens (including phenoxy) is 2. The summed E-state index contributed by atoms with van der Waals surface area (Å²) in [6, 6.07) is 7.27. The second kappa shape index (κ2) is 7.44. The number of hydrogen-bond donors (Lipinski definition) is 6. The van der Waals surface area contributed by atoms with Gasteiger partial charge in [0.2, 0.25) is 0 Å².